The first-order valence-electron chi connectivity index (χ1n) is 13.5. The average Bonchev–Trinajstić information content (AvgIpc) is 3.39. The van der Waals surface area contributed by atoms with Crippen LogP contribution in [-0.4, -0.2) is 81.5 Å². The van der Waals surface area contributed by atoms with Gasteiger partial charge in [0.2, 0.25) is 0 Å². The highest BCUT2D eigenvalue weighted by atomic mass is 16.5. The third-order valence-corrected chi connectivity index (χ3v) is 7.54. The summed E-state index contributed by atoms with van der Waals surface area (Å²) >= 11 is 0. The normalized spacial score (nSPS) is 14.4. The van der Waals surface area contributed by atoms with Gasteiger partial charge >= 0.3 is 0 Å². The highest BCUT2D eigenvalue weighted by Gasteiger charge is 2.17. The summed E-state index contributed by atoms with van der Waals surface area (Å²) < 4.78 is 12.6. The van der Waals surface area contributed by atoms with Gasteiger partial charge < -0.3 is 14.5 Å². The number of aromatic nitrogens is 5. The summed E-state index contributed by atoms with van der Waals surface area (Å²) in [5.41, 5.74) is 4.96. The van der Waals surface area contributed by atoms with Crippen molar-refractivity contribution in [3.63, 3.8) is 0 Å². The molecule has 0 bridgehead atoms. The van der Waals surface area contributed by atoms with Crippen LogP contribution < -0.4 is 10.3 Å². The van der Waals surface area contributed by atoms with Gasteiger partial charge in [0, 0.05) is 31.7 Å². The maximum atomic E-state index is 13.2. The number of benzene rings is 2. The Morgan fingerprint density at radius 2 is 1.87 bits per heavy atom. The molecule has 1 N–H and O–H groups in total. The van der Waals surface area contributed by atoms with Crippen LogP contribution in [0, 0.1) is 13.8 Å². The van der Waals surface area contributed by atoms with E-state index < -0.39 is 0 Å². The van der Waals surface area contributed by atoms with Crippen LogP contribution in [0.3, 0.4) is 0 Å². The molecule has 3 heterocycles. The van der Waals surface area contributed by atoms with E-state index in [9.17, 15) is 4.79 Å². The molecule has 10 nitrogen and oxygen atoms in total. The molecule has 1 aliphatic rings. The zero-order chi connectivity index (χ0) is 27.2. The van der Waals surface area contributed by atoms with Crippen LogP contribution in [0.5, 0.6) is 5.75 Å². The topological polar surface area (TPSA) is 101 Å². The minimum Gasteiger partial charge on any atom is -0.497 e. The van der Waals surface area contributed by atoms with Crippen LogP contribution >= 0.6 is 0 Å². The molecule has 0 amide bonds. The molecule has 2 aromatic carbocycles. The van der Waals surface area contributed by atoms with Crippen molar-refractivity contribution in [1.82, 2.24) is 35.0 Å². The molecule has 0 unspecified atom stereocenters. The summed E-state index contributed by atoms with van der Waals surface area (Å²) in [6.45, 7) is 11.0. The first kappa shape index (κ1) is 27.0. The fourth-order valence-electron chi connectivity index (χ4n) is 5.05. The lowest BCUT2D eigenvalue weighted by Gasteiger charge is -2.28. The quantitative estimate of drug-likeness (QED) is 0.315. The van der Waals surface area contributed by atoms with Crippen molar-refractivity contribution < 1.29 is 9.47 Å². The maximum Gasteiger partial charge on any atom is 0.252 e. The Morgan fingerprint density at radius 3 is 2.64 bits per heavy atom. The van der Waals surface area contributed by atoms with Gasteiger partial charge in [-0.05, 0) is 77.5 Å². The maximum absolute atomic E-state index is 13.2. The molecule has 2 aromatic heterocycles. The summed E-state index contributed by atoms with van der Waals surface area (Å²) in [6, 6.07) is 14.1. The van der Waals surface area contributed by atoms with E-state index in [1.165, 1.54) is 5.56 Å². The molecule has 1 aliphatic heterocycles. The van der Waals surface area contributed by atoms with Gasteiger partial charge in [0.05, 0.1) is 38.9 Å². The van der Waals surface area contributed by atoms with E-state index in [0.29, 0.717) is 19.6 Å². The molecule has 5 rings (SSSR count). The molecule has 0 aliphatic carbocycles. The van der Waals surface area contributed by atoms with E-state index >= 15 is 0 Å². The number of methoxy groups -OCH3 is 1. The molecule has 206 valence electrons. The fraction of sp³-hybridized carbons (Fsp3) is 0.448. The van der Waals surface area contributed by atoms with Crippen LogP contribution in [0.2, 0.25) is 0 Å². The molecule has 0 spiro atoms. The van der Waals surface area contributed by atoms with Crippen LogP contribution in [0.25, 0.3) is 10.9 Å². The van der Waals surface area contributed by atoms with Crippen molar-refractivity contribution in [1.29, 1.82) is 0 Å². The van der Waals surface area contributed by atoms with E-state index in [1.54, 1.807) is 7.11 Å². The average molecular weight is 532 g/mol. The first-order valence-corrected chi connectivity index (χ1v) is 13.5. The van der Waals surface area contributed by atoms with E-state index in [1.807, 2.05) is 41.9 Å². The molecular weight excluding hydrogens is 494 g/mol. The van der Waals surface area contributed by atoms with Crippen LogP contribution in [0.15, 0.2) is 47.3 Å². The van der Waals surface area contributed by atoms with Crippen molar-refractivity contribution in [3.8, 4) is 5.75 Å². The molecular formula is C29H37N7O3. The summed E-state index contributed by atoms with van der Waals surface area (Å²) in [6.07, 6.45) is 0.976. The molecule has 4 aromatic rings. The number of ether oxygens (including phenoxy) is 2. The third-order valence-electron chi connectivity index (χ3n) is 7.54. The standard InChI is InChI=1S/C29H37N7O3/c1-21-5-8-24-17-25(29(37)30-28(24)22(21)2)19-35(12-4-11-34-13-15-39-16-14-34)20-27-31-32-33-36(27)18-23-6-9-26(38-3)10-7-23/h5-10,17H,4,11-16,18-20H2,1-3H3,(H,30,37). The van der Waals surface area contributed by atoms with Crippen LogP contribution in [0.1, 0.15) is 34.5 Å². The minimum atomic E-state index is -0.0489. The van der Waals surface area contributed by atoms with Gasteiger partial charge in [-0.25, -0.2) is 4.68 Å². The molecule has 0 atom stereocenters. The van der Waals surface area contributed by atoms with Crippen LogP contribution in [0.4, 0.5) is 0 Å². The van der Waals surface area contributed by atoms with Gasteiger partial charge in [-0.3, -0.25) is 14.6 Å². The van der Waals surface area contributed by atoms with Crippen molar-refractivity contribution in [3.05, 3.63) is 80.9 Å². The number of aryl methyl sites for hydroxylation is 2. The van der Waals surface area contributed by atoms with Gasteiger partial charge in [0.1, 0.15) is 5.75 Å². The monoisotopic (exact) mass is 531 g/mol. The minimum absolute atomic E-state index is 0.0489. The number of pyridine rings is 1. The van der Waals surface area contributed by atoms with Crippen LogP contribution in [-0.2, 0) is 24.4 Å². The Hall–Kier alpha value is -3.60. The molecule has 39 heavy (non-hydrogen) atoms. The lowest BCUT2D eigenvalue weighted by atomic mass is 10.0. The fourth-order valence-corrected chi connectivity index (χ4v) is 5.05. The van der Waals surface area contributed by atoms with Crippen molar-refractivity contribution in [2.24, 2.45) is 0 Å². The number of nitrogens with zero attached hydrogens (tertiary/aromatic N) is 6. The van der Waals surface area contributed by atoms with E-state index in [-0.39, 0.29) is 5.56 Å². The highest BCUT2D eigenvalue weighted by molar-refractivity contribution is 5.83. The van der Waals surface area contributed by atoms with Crippen molar-refractivity contribution >= 4 is 10.9 Å². The highest BCUT2D eigenvalue weighted by Crippen LogP contribution is 2.20. The molecule has 0 saturated carbocycles. The van der Waals surface area contributed by atoms with E-state index in [2.05, 4.69) is 49.4 Å². The zero-order valence-electron chi connectivity index (χ0n) is 23.0. The number of morpholine rings is 1. The molecule has 0 radical (unpaired) electrons. The lowest BCUT2D eigenvalue weighted by molar-refractivity contribution is 0.0358. The van der Waals surface area contributed by atoms with Gasteiger partial charge in [-0.1, -0.05) is 24.3 Å². The van der Waals surface area contributed by atoms with Gasteiger partial charge in [-0.2, -0.15) is 0 Å². The first-order chi connectivity index (χ1) is 19.0. The summed E-state index contributed by atoms with van der Waals surface area (Å²) in [5, 5.41) is 13.6. The Labute approximate surface area is 228 Å². The second kappa shape index (κ2) is 12.5. The number of aromatic amines is 1. The SMILES string of the molecule is COc1ccc(Cn2nnnc2CN(CCCN2CCOCC2)Cc2cc3ccc(C)c(C)c3[nH]c2=O)cc1. The number of nitrogens with one attached hydrogen (secondary N) is 1. The van der Waals surface area contributed by atoms with E-state index in [4.69, 9.17) is 9.47 Å². The number of tetrazole rings is 1. The number of fused-ring (bicyclic) bond motifs is 1. The molecule has 10 heteroatoms. The Balaban J connectivity index is 1.35. The van der Waals surface area contributed by atoms with Gasteiger partial charge in [0.15, 0.2) is 5.82 Å². The van der Waals surface area contributed by atoms with Crippen molar-refractivity contribution in [2.75, 3.05) is 46.5 Å². The van der Waals surface area contributed by atoms with Gasteiger partial charge in [0.25, 0.3) is 5.56 Å². The third kappa shape index (κ3) is 6.70. The summed E-state index contributed by atoms with van der Waals surface area (Å²) in [4.78, 5) is 21.0. The van der Waals surface area contributed by atoms with Gasteiger partial charge in [-0.15, -0.1) is 5.10 Å². The summed E-state index contributed by atoms with van der Waals surface area (Å²) in [7, 11) is 1.66. The zero-order valence-corrected chi connectivity index (χ0v) is 23.0. The number of H-pyrrole nitrogens is 1. The smallest absolute Gasteiger partial charge is 0.252 e. The Bertz CT molecular complexity index is 1440. The van der Waals surface area contributed by atoms with Crippen molar-refractivity contribution in [2.45, 2.75) is 39.9 Å². The van der Waals surface area contributed by atoms with E-state index in [0.717, 1.165) is 85.0 Å². The second-order valence-corrected chi connectivity index (χ2v) is 10.2. The predicted octanol–water partition coefficient (Wildman–Crippen LogP) is 2.91. The summed E-state index contributed by atoms with van der Waals surface area (Å²) in [5.74, 6) is 1.58. The number of rotatable bonds is 11. The molecule has 1 saturated heterocycles. The Morgan fingerprint density at radius 1 is 1.08 bits per heavy atom. The number of hydrogen-bond acceptors (Lipinski definition) is 8. The largest absolute Gasteiger partial charge is 0.497 e. The number of hydrogen-bond donors (Lipinski definition) is 1. The Kier molecular flexibility index (Phi) is 8.65. The molecule has 1 fully saturated rings. The second-order valence-electron chi connectivity index (χ2n) is 10.2. The lowest BCUT2D eigenvalue weighted by Crippen LogP contribution is -2.38. The predicted molar refractivity (Wildman–Crippen MR) is 150 cm³/mol.